The first-order valence-corrected chi connectivity index (χ1v) is 5.45. The Morgan fingerprint density at radius 2 is 1.95 bits per heavy atom. The van der Waals surface area contributed by atoms with E-state index in [1.165, 1.54) is 11.4 Å². The van der Waals surface area contributed by atoms with Gasteiger partial charge in [-0.3, -0.25) is 4.79 Å². The Balaban J connectivity index is 3.32. The summed E-state index contributed by atoms with van der Waals surface area (Å²) in [5.74, 6) is -3.99. The monoisotopic (exact) mass is 341 g/mol. The Morgan fingerprint density at radius 1 is 1.37 bits per heavy atom. The second kappa shape index (κ2) is 5.47. The Bertz CT molecular complexity index is 530. The van der Waals surface area contributed by atoms with E-state index in [0.717, 1.165) is 13.2 Å². The van der Waals surface area contributed by atoms with Crippen LogP contribution < -0.4 is 10.1 Å². The zero-order valence-electron chi connectivity index (χ0n) is 9.34. The lowest BCUT2D eigenvalue weighted by atomic mass is 10.1. The maximum Gasteiger partial charge on any atom is 0.471 e. The van der Waals surface area contributed by atoms with E-state index in [9.17, 15) is 22.8 Å². The lowest BCUT2D eigenvalue weighted by Crippen LogP contribution is -2.30. The van der Waals surface area contributed by atoms with E-state index < -0.39 is 29.3 Å². The summed E-state index contributed by atoms with van der Waals surface area (Å²) in [5.41, 5.74) is -1.08. The summed E-state index contributed by atoms with van der Waals surface area (Å²) in [6.45, 7) is 0. The van der Waals surface area contributed by atoms with Crippen LogP contribution in [0.2, 0.25) is 0 Å². The molecule has 0 spiro atoms. The van der Waals surface area contributed by atoms with Gasteiger partial charge in [0.05, 0.1) is 18.4 Å². The molecule has 5 nitrogen and oxygen atoms in total. The number of carbonyl (C=O) groups is 2. The molecule has 0 bridgehead atoms. The average molecular weight is 342 g/mol. The Hall–Kier alpha value is -1.77. The van der Waals surface area contributed by atoms with Crippen LogP contribution in [0.15, 0.2) is 16.6 Å². The third-order valence-corrected chi connectivity index (χ3v) is 2.47. The van der Waals surface area contributed by atoms with E-state index >= 15 is 0 Å². The van der Waals surface area contributed by atoms with E-state index in [2.05, 4.69) is 15.9 Å². The number of aromatic carboxylic acids is 1. The number of ether oxygens (including phenoxy) is 1. The number of anilines is 1. The van der Waals surface area contributed by atoms with Crippen LogP contribution in [-0.2, 0) is 4.79 Å². The molecule has 1 aromatic rings. The lowest BCUT2D eigenvalue weighted by Gasteiger charge is -2.14. The fraction of sp³-hybridized carbons (Fsp3) is 0.200. The van der Waals surface area contributed by atoms with Crippen molar-refractivity contribution in [2.75, 3.05) is 12.4 Å². The number of rotatable bonds is 3. The predicted octanol–water partition coefficient (Wildman–Crippen LogP) is 2.66. The SMILES string of the molecule is COc1cc(Br)cc(C(=O)O)c1NC(=O)C(F)(F)F. The third-order valence-electron chi connectivity index (χ3n) is 2.01. The summed E-state index contributed by atoms with van der Waals surface area (Å²) < 4.78 is 41.6. The van der Waals surface area contributed by atoms with Crippen molar-refractivity contribution in [3.8, 4) is 5.75 Å². The van der Waals surface area contributed by atoms with Gasteiger partial charge in [0, 0.05) is 4.47 Å². The number of benzene rings is 1. The van der Waals surface area contributed by atoms with Gasteiger partial charge in [-0.1, -0.05) is 15.9 Å². The largest absolute Gasteiger partial charge is 0.495 e. The molecule has 0 saturated carbocycles. The van der Waals surface area contributed by atoms with Crippen LogP contribution >= 0.6 is 15.9 Å². The molecule has 1 aromatic carbocycles. The van der Waals surface area contributed by atoms with Crippen molar-refractivity contribution in [2.45, 2.75) is 6.18 Å². The van der Waals surface area contributed by atoms with Crippen molar-refractivity contribution < 1.29 is 32.6 Å². The molecule has 0 unspecified atom stereocenters. The van der Waals surface area contributed by atoms with Gasteiger partial charge in [-0.05, 0) is 12.1 Å². The Labute approximate surface area is 113 Å². The number of methoxy groups -OCH3 is 1. The molecule has 2 N–H and O–H groups in total. The third kappa shape index (κ3) is 3.60. The minimum absolute atomic E-state index is 0.204. The maximum atomic E-state index is 12.2. The smallest absolute Gasteiger partial charge is 0.471 e. The quantitative estimate of drug-likeness (QED) is 0.886. The molecule has 1 rings (SSSR count). The van der Waals surface area contributed by atoms with E-state index in [0.29, 0.717) is 0 Å². The number of alkyl halides is 3. The zero-order valence-corrected chi connectivity index (χ0v) is 10.9. The molecule has 0 aliphatic rings. The van der Waals surface area contributed by atoms with Crippen LogP contribution in [-0.4, -0.2) is 30.3 Å². The number of carbonyl (C=O) groups excluding carboxylic acids is 1. The highest BCUT2D eigenvalue weighted by molar-refractivity contribution is 9.10. The summed E-state index contributed by atoms with van der Waals surface area (Å²) in [7, 11) is 1.14. The van der Waals surface area contributed by atoms with Crippen LogP contribution in [0.4, 0.5) is 18.9 Å². The first kappa shape index (κ1) is 15.3. The number of hydrogen-bond acceptors (Lipinski definition) is 3. The van der Waals surface area contributed by atoms with Crippen LogP contribution in [0.3, 0.4) is 0 Å². The number of halogens is 4. The normalized spacial score (nSPS) is 11.0. The van der Waals surface area contributed by atoms with Crippen molar-refractivity contribution in [1.82, 2.24) is 0 Å². The fourth-order valence-electron chi connectivity index (χ4n) is 1.22. The Morgan fingerprint density at radius 3 is 2.37 bits per heavy atom. The van der Waals surface area contributed by atoms with Crippen molar-refractivity contribution >= 4 is 33.5 Å². The van der Waals surface area contributed by atoms with Crippen molar-refractivity contribution in [2.24, 2.45) is 0 Å². The van der Waals surface area contributed by atoms with Crippen LogP contribution in [0.5, 0.6) is 5.75 Å². The zero-order chi connectivity index (χ0) is 14.8. The Kier molecular flexibility index (Phi) is 4.40. The fourth-order valence-corrected chi connectivity index (χ4v) is 1.66. The average Bonchev–Trinajstić information content (AvgIpc) is 2.28. The molecule has 9 heteroatoms. The number of amides is 1. The topological polar surface area (TPSA) is 75.6 Å². The first-order chi connectivity index (χ1) is 8.66. The van der Waals surface area contributed by atoms with Crippen molar-refractivity contribution in [3.05, 3.63) is 22.2 Å². The summed E-state index contributed by atoms with van der Waals surface area (Å²) in [4.78, 5) is 21.8. The molecule has 0 aromatic heterocycles. The molecule has 1 amide bonds. The number of hydrogen-bond donors (Lipinski definition) is 2. The van der Waals surface area contributed by atoms with Gasteiger partial charge in [-0.2, -0.15) is 13.2 Å². The van der Waals surface area contributed by atoms with E-state index in [4.69, 9.17) is 9.84 Å². The summed E-state index contributed by atoms with van der Waals surface area (Å²) in [6, 6.07) is 2.29. The molecule has 104 valence electrons. The second-order valence-corrected chi connectivity index (χ2v) is 4.20. The van der Waals surface area contributed by atoms with Gasteiger partial charge in [0.1, 0.15) is 5.75 Å². The van der Waals surface area contributed by atoms with Crippen LogP contribution in [0.25, 0.3) is 0 Å². The van der Waals surface area contributed by atoms with Crippen molar-refractivity contribution in [1.29, 1.82) is 0 Å². The van der Waals surface area contributed by atoms with Gasteiger partial charge in [-0.15, -0.1) is 0 Å². The molecule has 19 heavy (non-hydrogen) atoms. The number of carboxylic acid groups (broad SMARTS) is 1. The first-order valence-electron chi connectivity index (χ1n) is 4.65. The van der Waals surface area contributed by atoms with Gasteiger partial charge in [-0.25, -0.2) is 4.79 Å². The molecular weight excluding hydrogens is 335 g/mol. The molecule has 0 atom stereocenters. The van der Waals surface area contributed by atoms with Gasteiger partial charge in [0.2, 0.25) is 0 Å². The van der Waals surface area contributed by atoms with E-state index in [1.807, 2.05) is 0 Å². The molecule has 0 aliphatic heterocycles. The molecule has 0 aliphatic carbocycles. The summed E-state index contributed by atoms with van der Waals surface area (Å²) >= 11 is 2.98. The summed E-state index contributed by atoms with van der Waals surface area (Å²) in [5, 5.41) is 10.4. The van der Waals surface area contributed by atoms with Gasteiger partial charge < -0.3 is 15.2 Å². The second-order valence-electron chi connectivity index (χ2n) is 3.29. The molecule has 0 radical (unpaired) electrons. The minimum atomic E-state index is -5.13. The predicted molar refractivity (Wildman–Crippen MR) is 62.3 cm³/mol. The van der Waals surface area contributed by atoms with Crippen LogP contribution in [0.1, 0.15) is 10.4 Å². The van der Waals surface area contributed by atoms with Gasteiger partial charge in [0.25, 0.3) is 0 Å². The number of carboxylic acids is 1. The number of nitrogens with one attached hydrogen (secondary N) is 1. The van der Waals surface area contributed by atoms with E-state index in [1.54, 1.807) is 0 Å². The highest BCUT2D eigenvalue weighted by atomic mass is 79.9. The van der Waals surface area contributed by atoms with Crippen molar-refractivity contribution in [3.63, 3.8) is 0 Å². The van der Waals surface area contributed by atoms with Gasteiger partial charge >= 0.3 is 18.1 Å². The molecule has 0 heterocycles. The maximum absolute atomic E-state index is 12.2. The lowest BCUT2D eigenvalue weighted by molar-refractivity contribution is -0.167. The molecular formula is C10H7BrF3NO4. The van der Waals surface area contributed by atoms with Crippen LogP contribution in [0, 0.1) is 0 Å². The molecule has 0 fully saturated rings. The van der Waals surface area contributed by atoms with Gasteiger partial charge in [0.15, 0.2) is 0 Å². The summed E-state index contributed by atoms with van der Waals surface area (Å²) in [6.07, 6.45) is -5.13. The van der Waals surface area contributed by atoms with E-state index in [-0.39, 0.29) is 10.2 Å². The standard InChI is InChI=1S/C10H7BrF3NO4/c1-19-6-3-4(11)2-5(8(16)17)7(6)15-9(18)10(12,13)14/h2-3H,1H3,(H,15,18)(H,16,17). The molecule has 0 saturated heterocycles. The highest BCUT2D eigenvalue weighted by Crippen LogP contribution is 2.33. The highest BCUT2D eigenvalue weighted by Gasteiger charge is 2.39. The minimum Gasteiger partial charge on any atom is -0.495 e.